The molecule has 1 aromatic heterocycles. The fraction of sp³-hybridized carbons (Fsp3) is 0.219. The smallest absolute Gasteiger partial charge is 0.338 e. The van der Waals surface area contributed by atoms with Gasteiger partial charge in [-0.25, -0.2) is 9.79 Å². The van der Waals surface area contributed by atoms with E-state index in [1.807, 2.05) is 60.7 Å². The molecule has 1 atom stereocenters. The maximum atomic E-state index is 14.1. The minimum Gasteiger partial charge on any atom is -0.496 e. The number of benzene rings is 3. The van der Waals surface area contributed by atoms with E-state index < -0.39 is 12.0 Å². The van der Waals surface area contributed by atoms with Gasteiger partial charge in [-0.1, -0.05) is 72.3 Å². The standard InChI is InChI=1S/C32H29ClN2O5S/c1-4-17-40-23-14-11-20(12-15-23)18-26-30(36)35-29(24-19-22(33)13-16-25(24)38-3)27(31(37)39-5-2)28(34-32(35)41-26)21-9-7-6-8-10-21/h6-16,18-19,29H,4-5,17H2,1-3H3/b26-18+/t29-/m0/s1. The zero-order valence-corrected chi connectivity index (χ0v) is 24.5. The van der Waals surface area contributed by atoms with E-state index in [1.54, 1.807) is 25.1 Å². The lowest BCUT2D eigenvalue weighted by molar-refractivity contribution is -0.138. The van der Waals surface area contributed by atoms with Crippen LogP contribution in [-0.4, -0.2) is 30.9 Å². The number of methoxy groups -OCH3 is 1. The fourth-order valence-electron chi connectivity index (χ4n) is 4.69. The molecule has 1 aliphatic rings. The van der Waals surface area contributed by atoms with Crippen molar-refractivity contribution < 1.29 is 19.0 Å². The Morgan fingerprint density at radius 2 is 1.83 bits per heavy atom. The molecule has 0 spiro atoms. The molecule has 41 heavy (non-hydrogen) atoms. The quantitative estimate of drug-likeness (QED) is 0.245. The molecule has 0 aliphatic carbocycles. The van der Waals surface area contributed by atoms with Crippen LogP contribution in [0.2, 0.25) is 5.02 Å². The van der Waals surface area contributed by atoms with Gasteiger partial charge in [0.1, 0.15) is 17.5 Å². The summed E-state index contributed by atoms with van der Waals surface area (Å²) in [5.41, 5.74) is 2.49. The van der Waals surface area contributed by atoms with Gasteiger partial charge in [-0.15, -0.1) is 0 Å². The molecule has 4 aromatic rings. The molecular formula is C32H29ClN2O5S. The van der Waals surface area contributed by atoms with Crippen molar-refractivity contribution in [2.45, 2.75) is 26.3 Å². The normalized spacial score (nSPS) is 14.8. The Labute approximate surface area is 246 Å². The van der Waals surface area contributed by atoms with E-state index in [9.17, 15) is 9.59 Å². The predicted molar refractivity (Wildman–Crippen MR) is 161 cm³/mol. The second-order valence-electron chi connectivity index (χ2n) is 9.24. The van der Waals surface area contributed by atoms with Gasteiger partial charge >= 0.3 is 5.97 Å². The number of carbonyl (C=O) groups is 1. The lowest BCUT2D eigenvalue weighted by Gasteiger charge is -2.27. The topological polar surface area (TPSA) is 79.1 Å². The van der Waals surface area contributed by atoms with Crippen LogP contribution < -0.4 is 24.4 Å². The Hall–Kier alpha value is -4.14. The number of hydrogen-bond donors (Lipinski definition) is 0. The van der Waals surface area contributed by atoms with Gasteiger partial charge in [0.15, 0.2) is 4.80 Å². The van der Waals surface area contributed by atoms with E-state index in [1.165, 1.54) is 23.0 Å². The number of nitrogens with zero attached hydrogens (tertiary/aromatic N) is 2. The summed E-state index contributed by atoms with van der Waals surface area (Å²) in [5, 5.41) is 0.440. The third kappa shape index (κ3) is 5.85. The molecule has 9 heteroatoms. The summed E-state index contributed by atoms with van der Waals surface area (Å²) < 4.78 is 18.9. The predicted octanol–water partition coefficient (Wildman–Crippen LogP) is 5.39. The van der Waals surface area contributed by atoms with Gasteiger partial charge in [0.05, 0.1) is 36.1 Å². The number of esters is 1. The molecule has 0 radical (unpaired) electrons. The van der Waals surface area contributed by atoms with Crippen LogP contribution in [0.3, 0.4) is 0 Å². The highest BCUT2D eigenvalue weighted by Crippen LogP contribution is 2.39. The van der Waals surface area contributed by atoms with Gasteiger partial charge < -0.3 is 14.2 Å². The highest BCUT2D eigenvalue weighted by Gasteiger charge is 2.36. The third-order valence-electron chi connectivity index (χ3n) is 6.51. The van der Waals surface area contributed by atoms with Gasteiger partial charge in [0.25, 0.3) is 5.56 Å². The van der Waals surface area contributed by atoms with Crippen LogP contribution in [0, 0.1) is 0 Å². The van der Waals surface area contributed by atoms with Crippen molar-refractivity contribution in [2.75, 3.05) is 20.3 Å². The summed E-state index contributed by atoms with van der Waals surface area (Å²) in [6.07, 6.45) is 2.73. The Balaban J connectivity index is 1.78. The van der Waals surface area contributed by atoms with Gasteiger partial charge in [0.2, 0.25) is 0 Å². The van der Waals surface area contributed by atoms with Crippen LogP contribution in [0.4, 0.5) is 0 Å². The average Bonchev–Trinajstić information content (AvgIpc) is 3.30. The molecule has 0 fully saturated rings. The van der Waals surface area contributed by atoms with Gasteiger partial charge in [-0.05, 0) is 55.3 Å². The van der Waals surface area contributed by atoms with Gasteiger partial charge in [-0.3, -0.25) is 9.36 Å². The minimum atomic E-state index is -0.888. The molecule has 0 bridgehead atoms. The molecule has 5 rings (SSSR count). The third-order valence-corrected chi connectivity index (χ3v) is 7.73. The van der Waals surface area contributed by atoms with Crippen molar-refractivity contribution >= 4 is 40.7 Å². The van der Waals surface area contributed by atoms with Crippen LogP contribution in [0.15, 0.2) is 88.2 Å². The molecule has 210 valence electrons. The molecule has 1 aliphatic heterocycles. The highest BCUT2D eigenvalue weighted by atomic mass is 35.5. The van der Waals surface area contributed by atoms with Crippen molar-refractivity contribution in [1.29, 1.82) is 0 Å². The number of thiazole rings is 1. The number of hydrogen-bond acceptors (Lipinski definition) is 7. The summed E-state index contributed by atoms with van der Waals surface area (Å²) in [6, 6.07) is 21.2. The summed E-state index contributed by atoms with van der Waals surface area (Å²) in [5.74, 6) is 0.678. The van der Waals surface area contributed by atoms with Crippen molar-refractivity contribution in [3.8, 4) is 11.5 Å². The lowest BCUT2D eigenvalue weighted by Crippen LogP contribution is -2.40. The molecule has 0 saturated carbocycles. The SMILES string of the molecule is CCCOc1ccc(/C=c2/sc3n(c2=O)[C@@H](c2cc(Cl)ccc2OC)C(C(=O)OCC)=C(c2ccccc2)N=3)cc1. The lowest BCUT2D eigenvalue weighted by atomic mass is 9.92. The number of halogens is 1. The minimum absolute atomic E-state index is 0.159. The van der Waals surface area contributed by atoms with E-state index in [2.05, 4.69) is 6.92 Å². The van der Waals surface area contributed by atoms with Crippen LogP contribution >= 0.6 is 22.9 Å². The summed E-state index contributed by atoms with van der Waals surface area (Å²) >= 11 is 7.70. The first-order valence-corrected chi connectivity index (χ1v) is 14.5. The largest absolute Gasteiger partial charge is 0.496 e. The first-order valence-electron chi connectivity index (χ1n) is 13.3. The maximum Gasteiger partial charge on any atom is 0.338 e. The van der Waals surface area contributed by atoms with Crippen LogP contribution in [0.1, 0.15) is 43.0 Å². The van der Waals surface area contributed by atoms with Crippen molar-refractivity contribution in [3.63, 3.8) is 0 Å². The molecule has 0 saturated heterocycles. The average molecular weight is 589 g/mol. The van der Waals surface area contributed by atoms with Crippen molar-refractivity contribution in [1.82, 2.24) is 4.57 Å². The van der Waals surface area contributed by atoms with E-state index >= 15 is 0 Å². The van der Waals surface area contributed by atoms with E-state index in [0.29, 0.717) is 38.0 Å². The van der Waals surface area contributed by atoms with Crippen molar-refractivity contribution in [2.24, 2.45) is 4.99 Å². The number of ether oxygens (including phenoxy) is 3. The fourth-order valence-corrected chi connectivity index (χ4v) is 5.87. The summed E-state index contributed by atoms with van der Waals surface area (Å²) in [6.45, 7) is 4.59. The first-order chi connectivity index (χ1) is 19.9. The van der Waals surface area contributed by atoms with Crippen LogP contribution in [0.25, 0.3) is 11.8 Å². The maximum absolute atomic E-state index is 14.1. The van der Waals surface area contributed by atoms with Crippen molar-refractivity contribution in [3.05, 3.63) is 120 Å². The Morgan fingerprint density at radius 3 is 2.51 bits per heavy atom. The zero-order valence-electron chi connectivity index (χ0n) is 22.9. The second kappa shape index (κ2) is 12.6. The van der Waals surface area contributed by atoms with Crippen LogP contribution in [-0.2, 0) is 9.53 Å². The Kier molecular flexibility index (Phi) is 8.71. The van der Waals surface area contributed by atoms with E-state index in [0.717, 1.165) is 23.3 Å². The molecular weight excluding hydrogens is 560 g/mol. The van der Waals surface area contributed by atoms with E-state index in [4.69, 9.17) is 30.8 Å². The molecule has 3 aromatic carbocycles. The molecule has 7 nitrogen and oxygen atoms in total. The molecule has 0 unspecified atom stereocenters. The van der Waals surface area contributed by atoms with E-state index in [-0.39, 0.29) is 17.7 Å². The summed E-state index contributed by atoms with van der Waals surface area (Å²) in [4.78, 5) is 33.0. The Bertz CT molecular complexity index is 1780. The second-order valence-corrected chi connectivity index (χ2v) is 10.7. The number of aromatic nitrogens is 1. The summed E-state index contributed by atoms with van der Waals surface area (Å²) in [7, 11) is 1.54. The zero-order chi connectivity index (χ0) is 28.9. The number of fused-ring (bicyclic) bond motifs is 1. The van der Waals surface area contributed by atoms with Crippen LogP contribution in [0.5, 0.6) is 11.5 Å². The highest BCUT2D eigenvalue weighted by molar-refractivity contribution is 7.07. The number of carbonyl (C=O) groups excluding carboxylic acids is 1. The van der Waals surface area contributed by atoms with Gasteiger partial charge in [-0.2, -0.15) is 0 Å². The monoisotopic (exact) mass is 588 g/mol. The molecule has 2 heterocycles. The number of rotatable bonds is 9. The molecule has 0 amide bonds. The first kappa shape index (κ1) is 28.4. The Morgan fingerprint density at radius 1 is 1.07 bits per heavy atom. The van der Waals surface area contributed by atoms with Gasteiger partial charge in [0, 0.05) is 16.1 Å². The molecule has 0 N–H and O–H groups in total.